The van der Waals surface area contributed by atoms with Crippen molar-refractivity contribution in [3.63, 3.8) is 0 Å². The number of nitrogens with two attached hydrogens (primary N) is 1. The van der Waals surface area contributed by atoms with Gasteiger partial charge in [-0.1, -0.05) is 71.4 Å². The summed E-state index contributed by atoms with van der Waals surface area (Å²) in [5.41, 5.74) is 9.49. The molecule has 0 spiro atoms. The number of rotatable bonds is 11. The minimum Gasteiger partial charge on any atom is -0.384 e. The molecule has 7 heteroatoms. The average Bonchev–Trinajstić information content (AvgIpc) is 2.96. The zero-order valence-electron chi connectivity index (χ0n) is 25.6. The number of nitrogens with one attached hydrogen (secondary N) is 1. The fourth-order valence-electron chi connectivity index (χ4n) is 4.06. The number of morpholine rings is 1. The van der Waals surface area contributed by atoms with Crippen LogP contribution in [0, 0.1) is 12.3 Å². The van der Waals surface area contributed by atoms with Crippen LogP contribution < -0.4 is 15.5 Å². The molecule has 2 aromatic rings. The van der Waals surface area contributed by atoms with Crippen LogP contribution in [0.15, 0.2) is 36.4 Å². The number of hydrogen-bond acceptors (Lipinski definition) is 7. The summed E-state index contributed by atoms with van der Waals surface area (Å²) in [5.74, 6) is 1.59. The zero-order valence-corrected chi connectivity index (χ0v) is 25.6. The third-order valence-electron chi connectivity index (χ3n) is 5.87. The Hall–Kier alpha value is -2.64. The van der Waals surface area contributed by atoms with Crippen molar-refractivity contribution in [2.24, 2.45) is 0 Å². The number of aromatic nitrogens is 1. The SMILES string of the molecule is CC.CC.CCCN(CCC)c1cc(N)nc(N(CC)CCN2CCOCC2)c1.Cc1cccc(C=N)c1. The summed E-state index contributed by atoms with van der Waals surface area (Å²) in [7, 11) is 0. The second-order valence-electron chi connectivity index (χ2n) is 8.69. The van der Waals surface area contributed by atoms with E-state index in [-0.39, 0.29) is 0 Å². The van der Waals surface area contributed by atoms with Crippen LogP contribution in [0.3, 0.4) is 0 Å². The van der Waals surface area contributed by atoms with Gasteiger partial charge in [0.1, 0.15) is 11.6 Å². The first-order chi connectivity index (χ1) is 18.5. The molecule has 216 valence electrons. The Bertz CT molecular complexity index is 848. The van der Waals surface area contributed by atoms with Crippen molar-refractivity contribution in [2.75, 3.05) is 74.6 Å². The molecule has 0 unspecified atom stereocenters. The molecule has 2 heterocycles. The maximum Gasteiger partial charge on any atom is 0.133 e. The van der Waals surface area contributed by atoms with E-state index in [0.717, 1.165) is 83.3 Å². The van der Waals surface area contributed by atoms with E-state index < -0.39 is 0 Å². The zero-order chi connectivity index (χ0) is 28.8. The van der Waals surface area contributed by atoms with Gasteiger partial charge < -0.3 is 25.7 Å². The van der Waals surface area contributed by atoms with E-state index in [1.54, 1.807) is 0 Å². The highest BCUT2D eigenvalue weighted by molar-refractivity contribution is 5.77. The standard InChI is InChI=1S/C19H35N5O.C8H9N.2C2H6/c1-4-7-24(8-5-2)17-15-18(20)21-19(16-17)23(6-3)10-9-22-11-13-25-14-12-22;1-7-3-2-4-8(5-7)6-9;2*1-2/h15-16H,4-14H2,1-3H3,(H2,20,21);2-6,9H,1H3;2*1-2H3. The maximum atomic E-state index is 6.92. The maximum absolute atomic E-state index is 6.92. The Morgan fingerprint density at radius 1 is 0.947 bits per heavy atom. The predicted octanol–water partition coefficient (Wildman–Crippen LogP) is 6.49. The van der Waals surface area contributed by atoms with E-state index in [1.165, 1.54) is 17.5 Å². The molecule has 0 amide bonds. The molecule has 0 radical (unpaired) electrons. The van der Waals surface area contributed by atoms with E-state index in [9.17, 15) is 0 Å². The number of anilines is 3. The molecule has 38 heavy (non-hydrogen) atoms. The van der Waals surface area contributed by atoms with Crippen LogP contribution in [0.5, 0.6) is 0 Å². The Kier molecular flexibility index (Phi) is 20.8. The van der Waals surface area contributed by atoms with Crippen LogP contribution in [0.25, 0.3) is 0 Å². The second-order valence-corrected chi connectivity index (χ2v) is 8.69. The largest absolute Gasteiger partial charge is 0.384 e. The molecule has 1 aliphatic rings. The molecule has 1 saturated heterocycles. The van der Waals surface area contributed by atoms with E-state index in [1.807, 2.05) is 65.0 Å². The van der Waals surface area contributed by atoms with Crippen molar-refractivity contribution in [3.05, 3.63) is 47.5 Å². The van der Waals surface area contributed by atoms with Gasteiger partial charge in [0.25, 0.3) is 0 Å². The Balaban J connectivity index is 0.000000875. The average molecular weight is 529 g/mol. The lowest BCUT2D eigenvalue weighted by Gasteiger charge is -2.31. The number of likely N-dealkylation sites (N-methyl/N-ethyl adjacent to an activating group) is 1. The summed E-state index contributed by atoms with van der Waals surface area (Å²) < 4.78 is 5.43. The van der Waals surface area contributed by atoms with Crippen molar-refractivity contribution < 1.29 is 4.74 Å². The molecule has 0 atom stereocenters. The Morgan fingerprint density at radius 3 is 2.08 bits per heavy atom. The van der Waals surface area contributed by atoms with Gasteiger partial charge >= 0.3 is 0 Å². The van der Waals surface area contributed by atoms with E-state index in [0.29, 0.717) is 5.82 Å². The van der Waals surface area contributed by atoms with Crippen molar-refractivity contribution >= 4 is 23.5 Å². The third kappa shape index (κ3) is 13.8. The van der Waals surface area contributed by atoms with E-state index >= 15 is 0 Å². The summed E-state index contributed by atoms with van der Waals surface area (Å²) in [4.78, 5) is 11.8. The number of pyridine rings is 1. The molecule has 1 aliphatic heterocycles. The second kappa shape index (κ2) is 22.4. The van der Waals surface area contributed by atoms with Gasteiger partial charge in [0, 0.05) is 69.8 Å². The molecule has 1 aromatic heterocycles. The monoisotopic (exact) mass is 528 g/mol. The van der Waals surface area contributed by atoms with Crippen LogP contribution in [0.1, 0.15) is 72.4 Å². The summed E-state index contributed by atoms with van der Waals surface area (Å²) >= 11 is 0. The van der Waals surface area contributed by atoms with Crippen molar-refractivity contribution in [1.82, 2.24) is 9.88 Å². The van der Waals surface area contributed by atoms with Crippen molar-refractivity contribution in [3.8, 4) is 0 Å². The third-order valence-corrected chi connectivity index (χ3v) is 5.87. The summed E-state index contributed by atoms with van der Waals surface area (Å²) in [6.07, 6.45) is 3.62. The smallest absolute Gasteiger partial charge is 0.133 e. The molecule has 3 rings (SSSR count). The van der Waals surface area contributed by atoms with Gasteiger partial charge in [-0.3, -0.25) is 4.90 Å². The lowest BCUT2D eigenvalue weighted by Crippen LogP contribution is -2.41. The normalized spacial score (nSPS) is 12.5. The highest BCUT2D eigenvalue weighted by Gasteiger charge is 2.15. The fraction of sp³-hybridized carbons (Fsp3) is 0.613. The molecule has 0 saturated carbocycles. The van der Waals surface area contributed by atoms with Crippen LogP contribution in [-0.4, -0.2) is 75.1 Å². The van der Waals surface area contributed by atoms with Crippen molar-refractivity contribution in [2.45, 2.75) is 68.2 Å². The lowest BCUT2D eigenvalue weighted by atomic mass is 10.2. The minimum atomic E-state index is 0.606. The number of ether oxygens (including phenoxy) is 1. The number of nitrogens with zero attached hydrogens (tertiary/aromatic N) is 4. The van der Waals surface area contributed by atoms with Gasteiger partial charge in [0.05, 0.1) is 13.2 Å². The first kappa shape index (κ1) is 35.4. The number of nitrogen functional groups attached to an aromatic ring is 1. The molecule has 0 bridgehead atoms. The number of benzene rings is 1. The van der Waals surface area contributed by atoms with Crippen molar-refractivity contribution in [1.29, 1.82) is 5.41 Å². The van der Waals surface area contributed by atoms with Crippen LogP contribution in [0.2, 0.25) is 0 Å². The van der Waals surface area contributed by atoms with Gasteiger partial charge in [0.15, 0.2) is 0 Å². The van der Waals surface area contributed by atoms with Gasteiger partial charge in [-0.15, -0.1) is 0 Å². The fourth-order valence-corrected chi connectivity index (χ4v) is 4.06. The molecule has 1 fully saturated rings. The molecular weight excluding hydrogens is 472 g/mol. The van der Waals surface area contributed by atoms with E-state index in [2.05, 4.69) is 46.5 Å². The molecule has 1 aromatic carbocycles. The molecule has 3 N–H and O–H groups in total. The summed E-state index contributed by atoms with van der Waals surface area (Å²) in [6.45, 7) is 25.4. The predicted molar refractivity (Wildman–Crippen MR) is 168 cm³/mol. The first-order valence-electron chi connectivity index (χ1n) is 14.6. The van der Waals surface area contributed by atoms with Gasteiger partial charge in [0.2, 0.25) is 0 Å². The summed E-state index contributed by atoms with van der Waals surface area (Å²) in [6, 6.07) is 12.1. The molecule has 7 nitrogen and oxygen atoms in total. The quantitative estimate of drug-likeness (QED) is 0.324. The Labute approximate surface area is 233 Å². The highest BCUT2D eigenvalue weighted by atomic mass is 16.5. The highest BCUT2D eigenvalue weighted by Crippen LogP contribution is 2.24. The van der Waals surface area contributed by atoms with Crippen LogP contribution in [-0.2, 0) is 4.74 Å². The Morgan fingerprint density at radius 2 is 1.58 bits per heavy atom. The molecular formula is C31H56N6O. The van der Waals surface area contributed by atoms with Gasteiger partial charge in [-0.2, -0.15) is 0 Å². The lowest BCUT2D eigenvalue weighted by molar-refractivity contribution is 0.0392. The first-order valence-corrected chi connectivity index (χ1v) is 14.6. The topological polar surface area (TPSA) is 81.7 Å². The number of hydrogen-bond donors (Lipinski definition) is 2. The van der Waals surface area contributed by atoms with Crippen LogP contribution >= 0.6 is 0 Å². The number of aryl methyl sites for hydroxylation is 1. The van der Waals surface area contributed by atoms with Gasteiger partial charge in [-0.25, -0.2) is 4.98 Å². The van der Waals surface area contributed by atoms with E-state index in [4.69, 9.17) is 15.9 Å². The van der Waals surface area contributed by atoms with Crippen LogP contribution in [0.4, 0.5) is 17.3 Å². The van der Waals surface area contributed by atoms with Gasteiger partial charge in [-0.05, 0) is 32.3 Å². The summed E-state index contributed by atoms with van der Waals surface area (Å²) in [5, 5.41) is 6.92. The minimum absolute atomic E-state index is 0.606. The molecule has 0 aliphatic carbocycles.